The molecule has 0 amide bonds. The Morgan fingerprint density at radius 1 is 0.719 bits per heavy atom. The minimum absolute atomic E-state index is 0.648. The molecule has 2 aromatic carbocycles. The summed E-state index contributed by atoms with van der Waals surface area (Å²) in [6, 6.07) is 25.8. The third kappa shape index (κ3) is 3.59. The quantitative estimate of drug-likeness (QED) is 0.249. The third-order valence-electron chi connectivity index (χ3n) is 5.15. The molecule has 3 aromatic heterocycles. The first kappa shape index (κ1) is 19.5. The first-order valence-corrected chi connectivity index (χ1v) is 10.2. The molecule has 0 N–H and O–H groups in total. The number of para-hydroxylation sites is 1. The Morgan fingerprint density at radius 2 is 1.41 bits per heavy atom. The molecule has 0 spiro atoms. The van der Waals surface area contributed by atoms with Gasteiger partial charge < -0.3 is 18.2 Å². The number of allylic oxidation sites excluding steroid dienone is 3. The predicted octanol–water partition coefficient (Wildman–Crippen LogP) is 8.35. The molecule has 3 heterocycles. The molecule has 5 aromatic rings. The fraction of sp³-hybridized carbons (Fsp3) is 0. The van der Waals surface area contributed by atoms with Gasteiger partial charge in [-0.25, -0.2) is 0 Å². The number of rotatable bonds is 7. The summed E-state index contributed by atoms with van der Waals surface area (Å²) in [4.78, 5) is 2.13. The molecule has 0 radical (unpaired) electrons. The van der Waals surface area contributed by atoms with Crippen molar-refractivity contribution in [2.75, 3.05) is 4.90 Å². The van der Waals surface area contributed by atoms with Crippen LogP contribution >= 0.6 is 0 Å². The Morgan fingerprint density at radius 3 is 2.06 bits per heavy atom. The molecule has 0 aliphatic rings. The van der Waals surface area contributed by atoms with Gasteiger partial charge in [0.2, 0.25) is 0 Å². The second-order valence-corrected chi connectivity index (χ2v) is 7.18. The van der Waals surface area contributed by atoms with Gasteiger partial charge in [0.25, 0.3) is 0 Å². The molecule has 0 aliphatic heterocycles. The van der Waals surface area contributed by atoms with Crippen LogP contribution in [-0.2, 0) is 0 Å². The van der Waals surface area contributed by atoms with E-state index in [0.29, 0.717) is 22.7 Å². The maximum atomic E-state index is 6.04. The first-order chi connectivity index (χ1) is 15.8. The Bertz CT molecular complexity index is 1350. The largest absolute Gasteiger partial charge is 0.461 e. The van der Waals surface area contributed by atoms with Gasteiger partial charge in [0.15, 0.2) is 22.7 Å². The van der Waals surface area contributed by atoms with Gasteiger partial charge in [-0.15, -0.1) is 0 Å². The van der Waals surface area contributed by atoms with Gasteiger partial charge in [0.1, 0.15) is 5.76 Å². The molecule has 0 saturated heterocycles. The minimum Gasteiger partial charge on any atom is -0.461 e. The zero-order valence-electron chi connectivity index (χ0n) is 17.4. The monoisotopic (exact) mass is 419 g/mol. The number of anilines is 2. The van der Waals surface area contributed by atoms with Crippen LogP contribution in [0.15, 0.2) is 135 Å². The second kappa shape index (κ2) is 8.36. The van der Waals surface area contributed by atoms with Crippen molar-refractivity contribution in [1.29, 1.82) is 0 Å². The van der Waals surface area contributed by atoms with Gasteiger partial charge in [-0.05, 0) is 60.7 Å². The number of hydrogen-bond acceptors (Lipinski definition) is 4. The zero-order chi connectivity index (χ0) is 21.9. The van der Waals surface area contributed by atoms with Crippen molar-refractivity contribution in [1.82, 2.24) is 0 Å². The van der Waals surface area contributed by atoms with Crippen LogP contribution in [0.5, 0.6) is 0 Å². The summed E-state index contributed by atoms with van der Waals surface area (Å²) in [7, 11) is 0. The van der Waals surface area contributed by atoms with Crippen LogP contribution in [0.3, 0.4) is 0 Å². The maximum Gasteiger partial charge on any atom is 0.174 e. The lowest BCUT2D eigenvalue weighted by molar-refractivity contribution is 0.542. The Labute approximate surface area is 186 Å². The van der Waals surface area contributed by atoms with Crippen molar-refractivity contribution in [2.24, 2.45) is 0 Å². The van der Waals surface area contributed by atoms with E-state index in [4.69, 9.17) is 13.3 Å². The van der Waals surface area contributed by atoms with Crippen LogP contribution in [0.1, 0.15) is 0 Å². The molecular formula is C28H21NO3. The van der Waals surface area contributed by atoms with Gasteiger partial charge in [-0.3, -0.25) is 0 Å². The van der Waals surface area contributed by atoms with E-state index in [1.54, 1.807) is 12.3 Å². The SMILES string of the molecule is C=C/C=C(\C=C)N(c1ccccc1)c1ccc(-c2cc3oc(-c4ccco4)cc3o2)cc1. The molecule has 0 fully saturated rings. The standard InChI is InChI=1S/C28H21NO3/c1-3-9-21(4-2)29(22-10-6-5-7-11-22)23-15-13-20(14-16-23)25-18-27-28(31-25)19-26(32-27)24-12-8-17-30-24/h3-19H,1-2H2/b21-9+. The summed E-state index contributed by atoms with van der Waals surface area (Å²) >= 11 is 0. The van der Waals surface area contributed by atoms with Gasteiger partial charge >= 0.3 is 0 Å². The van der Waals surface area contributed by atoms with Crippen LogP contribution in [0.2, 0.25) is 0 Å². The van der Waals surface area contributed by atoms with E-state index in [-0.39, 0.29) is 0 Å². The molecule has 0 bridgehead atoms. The van der Waals surface area contributed by atoms with Crippen molar-refractivity contribution in [3.05, 3.63) is 122 Å². The topological polar surface area (TPSA) is 42.7 Å². The molecule has 4 heteroatoms. The van der Waals surface area contributed by atoms with E-state index in [9.17, 15) is 0 Å². The van der Waals surface area contributed by atoms with E-state index in [0.717, 1.165) is 28.4 Å². The average Bonchev–Trinajstić information content (AvgIpc) is 3.56. The van der Waals surface area contributed by atoms with Crippen LogP contribution in [0.4, 0.5) is 11.4 Å². The van der Waals surface area contributed by atoms with Crippen LogP contribution in [-0.4, -0.2) is 0 Å². The third-order valence-corrected chi connectivity index (χ3v) is 5.15. The Kier molecular flexibility index (Phi) is 5.10. The van der Waals surface area contributed by atoms with Gasteiger partial charge in [-0.1, -0.05) is 37.4 Å². The lowest BCUT2D eigenvalue weighted by atomic mass is 10.1. The van der Waals surface area contributed by atoms with Crippen molar-refractivity contribution in [3.8, 4) is 22.8 Å². The normalized spacial score (nSPS) is 11.6. The molecule has 0 saturated carbocycles. The van der Waals surface area contributed by atoms with Gasteiger partial charge in [0, 0.05) is 34.8 Å². The molecular weight excluding hydrogens is 398 g/mol. The number of benzene rings is 2. The summed E-state index contributed by atoms with van der Waals surface area (Å²) in [5.41, 5.74) is 5.30. The van der Waals surface area contributed by atoms with Crippen molar-refractivity contribution < 1.29 is 13.3 Å². The molecule has 0 atom stereocenters. The highest BCUT2D eigenvalue weighted by Crippen LogP contribution is 2.36. The highest BCUT2D eigenvalue weighted by Gasteiger charge is 2.16. The van der Waals surface area contributed by atoms with E-state index >= 15 is 0 Å². The molecule has 32 heavy (non-hydrogen) atoms. The summed E-state index contributed by atoms with van der Waals surface area (Å²) in [6.45, 7) is 7.80. The van der Waals surface area contributed by atoms with Crippen molar-refractivity contribution in [3.63, 3.8) is 0 Å². The fourth-order valence-electron chi connectivity index (χ4n) is 3.67. The first-order valence-electron chi connectivity index (χ1n) is 10.2. The molecule has 0 aliphatic carbocycles. The highest BCUT2D eigenvalue weighted by atomic mass is 16.4. The van der Waals surface area contributed by atoms with Crippen molar-refractivity contribution in [2.45, 2.75) is 0 Å². The number of furan rings is 3. The molecule has 5 rings (SSSR count). The molecule has 4 nitrogen and oxygen atoms in total. The average molecular weight is 419 g/mol. The Balaban J connectivity index is 1.48. The summed E-state index contributed by atoms with van der Waals surface area (Å²) in [5, 5.41) is 0. The maximum absolute atomic E-state index is 6.04. The molecule has 0 unspecified atom stereocenters. The smallest absolute Gasteiger partial charge is 0.174 e. The highest BCUT2D eigenvalue weighted by molar-refractivity contribution is 5.82. The van der Waals surface area contributed by atoms with E-state index in [2.05, 4.69) is 42.3 Å². The number of fused-ring (bicyclic) bond motifs is 1. The summed E-state index contributed by atoms with van der Waals surface area (Å²) in [5.74, 6) is 2.07. The van der Waals surface area contributed by atoms with Gasteiger partial charge in [0.05, 0.1) is 6.26 Å². The van der Waals surface area contributed by atoms with Crippen LogP contribution < -0.4 is 4.90 Å². The minimum atomic E-state index is 0.648. The zero-order valence-corrected chi connectivity index (χ0v) is 17.4. The van der Waals surface area contributed by atoms with Gasteiger partial charge in [-0.2, -0.15) is 0 Å². The number of hydrogen-bond donors (Lipinski definition) is 0. The van der Waals surface area contributed by atoms with Crippen LogP contribution in [0, 0.1) is 0 Å². The van der Waals surface area contributed by atoms with Crippen LogP contribution in [0.25, 0.3) is 34.0 Å². The van der Waals surface area contributed by atoms with Crippen molar-refractivity contribution >= 4 is 22.5 Å². The lowest BCUT2D eigenvalue weighted by Crippen LogP contribution is -2.14. The molecule has 156 valence electrons. The summed E-state index contributed by atoms with van der Waals surface area (Å²) in [6.07, 6.45) is 7.13. The second-order valence-electron chi connectivity index (χ2n) is 7.18. The van der Waals surface area contributed by atoms with E-state index < -0.39 is 0 Å². The summed E-state index contributed by atoms with van der Waals surface area (Å²) < 4.78 is 17.3. The fourth-order valence-corrected chi connectivity index (χ4v) is 3.67. The Hall–Kier alpha value is -4.44. The van der Waals surface area contributed by atoms with E-state index in [1.807, 2.05) is 66.7 Å². The predicted molar refractivity (Wildman–Crippen MR) is 129 cm³/mol. The van der Waals surface area contributed by atoms with E-state index in [1.165, 1.54) is 0 Å². The number of nitrogens with zero attached hydrogens (tertiary/aromatic N) is 1. The lowest BCUT2D eigenvalue weighted by Gasteiger charge is -2.26.